The standard InChI is InChI=1S/C18H22N4O2/c1-3-4-11-22(2)18(24)16-12-14(8-10-20-16)17(23)21-13-15-7-5-6-9-19-15/h5-10,12H,3-4,11,13H2,1-2H3,(H,21,23). The number of amides is 2. The topological polar surface area (TPSA) is 75.2 Å². The second-order valence-corrected chi connectivity index (χ2v) is 5.51. The van der Waals surface area contributed by atoms with E-state index in [4.69, 9.17) is 0 Å². The number of pyridine rings is 2. The minimum absolute atomic E-state index is 0.178. The Kier molecular flexibility index (Phi) is 6.42. The lowest BCUT2D eigenvalue weighted by molar-refractivity contribution is 0.0787. The van der Waals surface area contributed by atoms with Crippen LogP contribution in [0.1, 0.15) is 46.3 Å². The van der Waals surface area contributed by atoms with Gasteiger partial charge in [0.15, 0.2) is 0 Å². The van der Waals surface area contributed by atoms with Gasteiger partial charge in [-0.1, -0.05) is 19.4 Å². The fourth-order valence-electron chi connectivity index (χ4n) is 2.16. The van der Waals surface area contributed by atoms with Crippen LogP contribution in [0.4, 0.5) is 0 Å². The van der Waals surface area contributed by atoms with Gasteiger partial charge in [0.05, 0.1) is 12.2 Å². The van der Waals surface area contributed by atoms with E-state index in [1.54, 1.807) is 24.2 Å². The fraction of sp³-hybridized carbons (Fsp3) is 0.333. The predicted octanol–water partition coefficient (Wildman–Crippen LogP) is 2.28. The van der Waals surface area contributed by atoms with Crippen molar-refractivity contribution in [3.63, 3.8) is 0 Å². The van der Waals surface area contributed by atoms with Gasteiger partial charge in [0, 0.05) is 31.5 Å². The molecule has 0 saturated heterocycles. The zero-order valence-corrected chi connectivity index (χ0v) is 14.0. The molecule has 0 bridgehead atoms. The molecular formula is C18H22N4O2. The Morgan fingerprint density at radius 2 is 2.00 bits per heavy atom. The number of carbonyl (C=O) groups is 2. The summed E-state index contributed by atoms with van der Waals surface area (Å²) >= 11 is 0. The zero-order chi connectivity index (χ0) is 17.4. The molecule has 0 aliphatic carbocycles. The first-order valence-corrected chi connectivity index (χ1v) is 8.01. The molecule has 24 heavy (non-hydrogen) atoms. The van der Waals surface area contributed by atoms with Crippen molar-refractivity contribution in [1.29, 1.82) is 0 Å². The SMILES string of the molecule is CCCCN(C)C(=O)c1cc(C(=O)NCc2ccccn2)ccn1. The number of aromatic nitrogens is 2. The minimum atomic E-state index is -0.256. The Morgan fingerprint density at radius 1 is 1.17 bits per heavy atom. The first-order valence-electron chi connectivity index (χ1n) is 8.01. The van der Waals surface area contributed by atoms with Crippen molar-refractivity contribution in [3.8, 4) is 0 Å². The Morgan fingerprint density at radius 3 is 2.71 bits per heavy atom. The molecule has 2 amide bonds. The third-order valence-corrected chi connectivity index (χ3v) is 3.59. The summed E-state index contributed by atoms with van der Waals surface area (Å²) in [6, 6.07) is 8.64. The smallest absolute Gasteiger partial charge is 0.272 e. The Labute approximate surface area is 141 Å². The highest BCUT2D eigenvalue weighted by Crippen LogP contribution is 2.06. The Bertz CT molecular complexity index is 688. The van der Waals surface area contributed by atoms with Gasteiger partial charge in [-0.05, 0) is 30.7 Å². The van der Waals surface area contributed by atoms with E-state index in [1.807, 2.05) is 18.2 Å². The van der Waals surface area contributed by atoms with Crippen molar-refractivity contribution in [3.05, 3.63) is 59.7 Å². The number of hydrogen-bond donors (Lipinski definition) is 1. The molecule has 2 aromatic heterocycles. The van der Waals surface area contributed by atoms with Gasteiger partial charge in [-0.3, -0.25) is 19.6 Å². The Hall–Kier alpha value is -2.76. The summed E-state index contributed by atoms with van der Waals surface area (Å²) in [5, 5.41) is 2.79. The van der Waals surface area contributed by atoms with Gasteiger partial charge in [0.1, 0.15) is 5.69 Å². The molecule has 0 radical (unpaired) electrons. The molecule has 2 heterocycles. The monoisotopic (exact) mass is 326 g/mol. The molecule has 6 heteroatoms. The van der Waals surface area contributed by atoms with E-state index in [0.717, 1.165) is 18.5 Å². The summed E-state index contributed by atoms with van der Waals surface area (Å²) in [6.45, 7) is 3.08. The third-order valence-electron chi connectivity index (χ3n) is 3.59. The molecule has 6 nitrogen and oxygen atoms in total. The van der Waals surface area contributed by atoms with Crippen LogP contribution in [0.3, 0.4) is 0 Å². The van der Waals surface area contributed by atoms with Crippen LogP contribution in [0.2, 0.25) is 0 Å². The highest BCUT2D eigenvalue weighted by Gasteiger charge is 2.15. The third kappa shape index (κ3) is 4.87. The highest BCUT2D eigenvalue weighted by atomic mass is 16.2. The molecule has 0 aliphatic rings. The molecule has 0 aromatic carbocycles. The second-order valence-electron chi connectivity index (χ2n) is 5.51. The van der Waals surface area contributed by atoms with Crippen molar-refractivity contribution < 1.29 is 9.59 Å². The molecule has 0 fully saturated rings. The van der Waals surface area contributed by atoms with Gasteiger partial charge >= 0.3 is 0 Å². The lowest BCUT2D eigenvalue weighted by Gasteiger charge is -2.16. The van der Waals surface area contributed by atoms with Crippen LogP contribution in [0.25, 0.3) is 0 Å². The Balaban J connectivity index is 2.01. The average molecular weight is 326 g/mol. The first kappa shape index (κ1) is 17.6. The van der Waals surface area contributed by atoms with Gasteiger partial charge in [-0.15, -0.1) is 0 Å². The van der Waals surface area contributed by atoms with Crippen molar-refractivity contribution in [2.45, 2.75) is 26.3 Å². The number of nitrogens with one attached hydrogen (secondary N) is 1. The summed E-state index contributed by atoms with van der Waals surface area (Å²) < 4.78 is 0. The molecule has 126 valence electrons. The van der Waals surface area contributed by atoms with Crippen LogP contribution in [-0.2, 0) is 6.54 Å². The van der Waals surface area contributed by atoms with E-state index >= 15 is 0 Å². The van der Waals surface area contributed by atoms with Crippen molar-refractivity contribution >= 4 is 11.8 Å². The van der Waals surface area contributed by atoms with Crippen molar-refractivity contribution in [1.82, 2.24) is 20.2 Å². The summed E-state index contributed by atoms with van der Waals surface area (Å²) in [6.07, 6.45) is 5.11. The zero-order valence-electron chi connectivity index (χ0n) is 14.0. The molecule has 0 aliphatic heterocycles. The lowest BCUT2D eigenvalue weighted by Crippen LogP contribution is -2.29. The summed E-state index contributed by atoms with van der Waals surface area (Å²) in [5.74, 6) is -0.434. The summed E-state index contributed by atoms with van der Waals surface area (Å²) in [5.41, 5.74) is 1.46. The van der Waals surface area contributed by atoms with E-state index < -0.39 is 0 Å². The first-order chi connectivity index (χ1) is 11.6. The quantitative estimate of drug-likeness (QED) is 0.847. The van der Waals surface area contributed by atoms with E-state index in [2.05, 4.69) is 22.2 Å². The van der Waals surface area contributed by atoms with Gasteiger partial charge in [-0.25, -0.2) is 0 Å². The van der Waals surface area contributed by atoms with Crippen LogP contribution in [0, 0.1) is 0 Å². The summed E-state index contributed by atoms with van der Waals surface area (Å²) in [7, 11) is 1.74. The van der Waals surface area contributed by atoms with Crippen molar-refractivity contribution in [2.75, 3.05) is 13.6 Å². The maximum absolute atomic E-state index is 12.3. The maximum Gasteiger partial charge on any atom is 0.272 e. The highest BCUT2D eigenvalue weighted by molar-refractivity contribution is 5.98. The minimum Gasteiger partial charge on any atom is -0.346 e. The molecule has 0 atom stereocenters. The molecule has 0 spiro atoms. The van der Waals surface area contributed by atoms with E-state index in [1.165, 1.54) is 12.3 Å². The van der Waals surface area contributed by atoms with E-state index in [9.17, 15) is 9.59 Å². The van der Waals surface area contributed by atoms with Crippen LogP contribution < -0.4 is 5.32 Å². The number of carbonyl (C=O) groups excluding carboxylic acids is 2. The van der Waals surface area contributed by atoms with Crippen LogP contribution >= 0.6 is 0 Å². The molecule has 0 saturated carbocycles. The van der Waals surface area contributed by atoms with E-state index in [-0.39, 0.29) is 17.5 Å². The molecule has 2 aromatic rings. The summed E-state index contributed by atoms with van der Waals surface area (Å²) in [4.78, 5) is 34.4. The molecular weight excluding hydrogens is 304 g/mol. The van der Waals surface area contributed by atoms with Gasteiger partial charge < -0.3 is 10.2 Å². The van der Waals surface area contributed by atoms with Gasteiger partial charge in [0.2, 0.25) is 0 Å². The number of rotatable bonds is 7. The normalized spacial score (nSPS) is 10.2. The molecule has 2 rings (SSSR count). The predicted molar refractivity (Wildman–Crippen MR) is 91.5 cm³/mol. The second kappa shape index (κ2) is 8.76. The number of hydrogen-bond acceptors (Lipinski definition) is 4. The van der Waals surface area contributed by atoms with Gasteiger partial charge in [0.25, 0.3) is 11.8 Å². The van der Waals surface area contributed by atoms with Crippen molar-refractivity contribution in [2.24, 2.45) is 0 Å². The van der Waals surface area contributed by atoms with Crippen LogP contribution in [-0.4, -0.2) is 40.3 Å². The molecule has 1 N–H and O–H groups in total. The van der Waals surface area contributed by atoms with Gasteiger partial charge in [-0.2, -0.15) is 0 Å². The van der Waals surface area contributed by atoms with Crippen LogP contribution in [0.15, 0.2) is 42.7 Å². The van der Waals surface area contributed by atoms with E-state index in [0.29, 0.717) is 18.7 Å². The average Bonchev–Trinajstić information content (AvgIpc) is 2.64. The largest absolute Gasteiger partial charge is 0.346 e. The maximum atomic E-state index is 12.3. The number of nitrogens with zero attached hydrogens (tertiary/aromatic N) is 3. The lowest BCUT2D eigenvalue weighted by atomic mass is 10.2. The molecule has 0 unspecified atom stereocenters. The fourth-order valence-corrected chi connectivity index (χ4v) is 2.16. The van der Waals surface area contributed by atoms with Crippen LogP contribution in [0.5, 0.6) is 0 Å². The number of unbranched alkanes of at least 4 members (excludes halogenated alkanes) is 1.